The minimum atomic E-state index is 0.506. The van der Waals surface area contributed by atoms with Crippen LogP contribution in [0.2, 0.25) is 5.15 Å². The second kappa shape index (κ2) is 8.41. The number of anilines is 1. The Morgan fingerprint density at radius 3 is 2.48 bits per heavy atom. The number of halogens is 1. The highest BCUT2D eigenvalue weighted by Crippen LogP contribution is 2.27. The Balaban J connectivity index is 2.30. The van der Waals surface area contributed by atoms with Gasteiger partial charge in [-0.1, -0.05) is 49.3 Å². The molecule has 0 fully saturated rings. The Morgan fingerprint density at radius 1 is 1.22 bits per heavy atom. The summed E-state index contributed by atoms with van der Waals surface area (Å²) < 4.78 is 5.20. The zero-order valence-corrected chi connectivity index (χ0v) is 15.5. The zero-order chi connectivity index (χ0) is 16.8. The maximum Gasteiger partial charge on any atom is 0.190 e. The van der Waals surface area contributed by atoms with Gasteiger partial charge in [-0.05, 0) is 29.9 Å². The van der Waals surface area contributed by atoms with Gasteiger partial charge in [0.25, 0.3) is 0 Å². The van der Waals surface area contributed by atoms with Gasteiger partial charge >= 0.3 is 0 Å². The second-order valence-electron chi connectivity index (χ2n) is 5.63. The van der Waals surface area contributed by atoms with Gasteiger partial charge in [0.05, 0.1) is 7.11 Å². The van der Waals surface area contributed by atoms with Crippen LogP contribution in [0, 0.1) is 5.92 Å². The van der Waals surface area contributed by atoms with Crippen LogP contribution in [-0.4, -0.2) is 29.9 Å². The molecule has 0 aliphatic rings. The number of methoxy groups -OCH3 is 1. The summed E-state index contributed by atoms with van der Waals surface area (Å²) in [5.74, 6) is 2.18. The minimum absolute atomic E-state index is 0.506. The van der Waals surface area contributed by atoms with Crippen molar-refractivity contribution in [2.75, 3.05) is 25.2 Å². The Bertz CT molecular complexity index is 647. The van der Waals surface area contributed by atoms with Gasteiger partial charge in [0.1, 0.15) is 16.7 Å². The summed E-state index contributed by atoms with van der Waals surface area (Å²) in [7, 11) is 1.66. The number of aromatic nitrogens is 2. The summed E-state index contributed by atoms with van der Waals surface area (Å²) in [6.07, 6.45) is 2.62. The Labute approximate surface area is 147 Å². The second-order valence-corrected chi connectivity index (χ2v) is 6.76. The van der Waals surface area contributed by atoms with E-state index in [1.165, 1.54) is 11.8 Å². The fraction of sp³-hybridized carbons (Fsp3) is 0.412. The maximum absolute atomic E-state index is 6.41. The predicted octanol–water partition coefficient (Wildman–Crippen LogP) is 4.52. The molecule has 0 unspecified atom stereocenters. The molecule has 0 atom stereocenters. The SMILES string of the molecule is COc1ccc(Cc2c(Cl)nc(SC)nc2NCC(C)C)cc1. The van der Waals surface area contributed by atoms with Crippen molar-refractivity contribution in [2.24, 2.45) is 5.92 Å². The molecule has 0 bridgehead atoms. The van der Waals surface area contributed by atoms with Gasteiger partial charge in [-0.2, -0.15) is 0 Å². The molecule has 1 aromatic carbocycles. The Hall–Kier alpha value is -1.46. The number of nitrogens with one attached hydrogen (secondary N) is 1. The van der Waals surface area contributed by atoms with Gasteiger partial charge < -0.3 is 10.1 Å². The summed E-state index contributed by atoms with van der Waals surface area (Å²) >= 11 is 7.90. The van der Waals surface area contributed by atoms with Crippen molar-refractivity contribution < 1.29 is 4.74 Å². The lowest BCUT2D eigenvalue weighted by atomic mass is 10.1. The molecule has 2 aromatic rings. The lowest BCUT2D eigenvalue weighted by molar-refractivity contribution is 0.414. The third-order valence-corrected chi connectivity index (χ3v) is 4.20. The normalized spacial score (nSPS) is 10.9. The lowest BCUT2D eigenvalue weighted by Crippen LogP contribution is -2.13. The van der Waals surface area contributed by atoms with Crippen LogP contribution in [0.3, 0.4) is 0 Å². The van der Waals surface area contributed by atoms with Crippen molar-refractivity contribution in [3.63, 3.8) is 0 Å². The number of thioether (sulfide) groups is 1. The van der Waals surface area contributed by atoms with E-state index >= 15 is 0 Å². The molecule has 0 aliphatic carbocycles. The van der Waals surface area contributed by atoms with Gasteiger partial charge in [-0.15, -0.1) is 0 Å². The van der Waals surface area contributed by atoms with Crippen LogP contribution in [0.1, 0.15) is 25.0 Å². The average Bonchev–Trinajstić information content (AvgIpc) is 2.55. The summed E-state index contributed by atoms with van der Waals surface area (Å²) in [4.78, 5) is 8.95. The number of hydrogen-bond acceptors (Lipinski definition) is 5. The first-order valence-electron chi connectivity index (χ1n) is 7.50. The van der Waals surface area contributed by atoms with Crippen molar-refractivity contribution in [2.45, 2.75) is 25.4 Å². The molecule has 0 spiro atoms. The maximum atomic E-state index is 6.41. The molecule has 1 heterocycles. The van der Waals surface area contributed by atoms with Crippen LogP contribution in [0.5, 0.6) is 5.75 Å². The number of hydrogen-bond donors (Lipinski definition) is 1. The van der Waals surface area contributed by atoms with E-state index in [4.69, 9.17) is 16.3 Å². The largest absolute Gasteiger partial charge is 0.497 e. The third-order valence-electron chi connectivity index (χ3n) is 3.34. The summed E-state index contributed by atoms with van der Waals surface area (Å²) in [5, 5.41) is 4.58. The third kappa shape index (κ3) is 5.01. The molecule has 6 heteroatoms. The van der Waals surface area contributed by atoms with E-state index in [9.17, 15) is 0 Å². The first kappa shape index (κ1) is 17.9. The highest BCUT2D eigenvalue weighted by atomic mass is 35.5. The van der Waals surface area contributed by atoms with E-state index < -0.39 is 0 Å². The fourth-order valence-corrected chi connectivity index (χ4v) is 2.73. The van der Waals surface area contributed by atoms with E-state index in [-0.39, 0.29) is 0 Å². The zero-order valence-electron chi connectivity index (χ0n) is 13.9. The van der Waals surface area contributed by atoms with E-state index in [1.807, 2.05) is 30.5 Å². The van der Waals surface area contributed by atoms with Crippen molar-refractivity contribution >= 4 is 29.2 Å². The average molecular weight is 352 g/mol. The molecule has 0 aliphatic heterocycles. The smallest absolute Gasteiger partial charge is 0.190 e. The molecule has 23 heavy (non-hydrogen) atoms. The molecule has 124 valence electrons. The predicted molar refractivity (Wildman–Crippen MR) is 98.0 cm³/mol. The lowest BCUT2D eigenvalue weighted by Gasteiger charge is -2.15. The first-order chi connectivity index (χ1) is 11.0. The van der Waals surface area contributed by atoms with E-state index in [0.717, 1.165) is 29.2 Å². The molecule has 0 radical (unpaired) electrons. The van der Waals surface area contributed by atoms with Gasteiger partial charge in [-0.25, -0.2) is 9.97 Å². The van der Waals surface area contributed by atoms with Crippen LogP contribution < -0.4 is 10.1 Å². The molecular formula is C17H22ClN3OS. The van der Waals surface area contributed by atoms with Crippen LogP contribution >= 0.6 is 23.4 Å². The molecular weight excluding hydrogens is 330 g/mol. The molecule has 1 N–H and O–H groups in total. The highest BCUT2D eigenvalue weighted by Gasteiger charge is 2.14. The number of nitrogens with zero attached hydrogens (tertiary/aromatic N) is 2. The summed E-state index contributed by atoms with van der Waals surface area (Å²) in [5.41, 5.74) is 2.07. The summed E-state index contributed by atoms with van der Waals surface area (Å²) in [6, 6.07) is 7.96. The quantitative estimate of drug-likeness (QED) is 0.451. The number of rotatable bonds is 7. The number of ether oxygens (including phenoxy) is 1. The van der Waals surface area contributed by atoms with Crippen molar-refractivity contribution in [1.82, 2.24) is 9.97 Å². The van der Waals surface area contributed by atoms with Crippen molar-refractivity contribution in [3.8, 4) is 5.75 Å². The highest BCUT2D eigenvalue weighted by molar-refractivity contribution is 7.98. The molecule has 0 saturated carbocycles. The first-order valence-corrected chi connectivity index (χ1v) is 9.11. The van der Waals surface area contributed by atoms with Crippen molar-refractivity contribution in [1.29, 1.82) is 0 Å². The molecule has 1 aromatic heterocycles. The van der Waals surface area contributed by atoms with Gasteiger partial charge in [0.15, 0.2) is 5.16 Å². The minimum Gasteiger partial charge on any atom is -0.497 e. The monoisotopic (exact) mass is 351 g/mol. The van der Waals surface area contributed by atoms with E-state index in [2.05, 4.69) is 29.1 Å². The van der Waals surface area contributed by atoms with Crippen LogP contribution in [0.15, 0.2) is 29.4 Å². The molecule has 0 amide bonds. The Kier molecular flexibility index (Phi) is 6.54. The molecule has 4 nitrogen and oxygen atoms in total. The van der Waals surface area contributed by atoms with E-state index in [1.54, 1.807) is 7.11 Å². The standard InChI is InChI=1S/C17H22ClN3OS/c1-11(2)10-19-16-14(15(18)20-17(21-16)23-4)9-12-5-7-13(22-3)8-6-12/h5-8,11H,9-10H2,1-4H3,(H,19,20,21). The number of benzene rings is 1. The topological polar surface area (TPSA) is 47.0 Å². The summed E-state index contributed by atoms with van der Waals surface area (Å²) in [6.45, 7) is 5.17. The Morgan fingerprint density at radius 2 is 1.91 bits per heavy atom. The van der Waals surface area contributed by atoms with Crippen LogP contribution in [0.25, 0.3) is 0 Å². The molecule has 2 rings (SSSR count). The van der Waals surface area contributed by atoms with Gasteiger partial charge in [-0.3, -0.25) is 0 Å². The van der Waals surface area contributed by atoms with Gasteiger partial charge in [0, 0.05) is 18.5 Å². The molecule has 0 saturated heterocycles. The van der Waals surface area contributed by atoms with Crippen LogP contribution in [-0.2, 0) is 6.42 Å². The van der Waals surface area contributed by atoms with Crippen molar-refractivity contribution in [3.05, 3.63) is 40.5 Å². The van der Waals surface area contributed by atoms with Gasteiger partial charge in [0.2, 0.25) is 0 Å². The van der Waals surface area contributed by atoms with Crippen LogP contribution in [0.4, 0.5) is 5.82 Å². The van der Waals surface area contributed by atoms with E-state index in [0.29, 0.717) is 22.6 Å². The fourth-order valence-electron chi connectivity index (χ4n) is 2.08.